The maximum absolute atomic E-state index is 14.6. The Hall–Kier alpha value is -3.55. The van der Waals surface area contributed by atoms with Crippen molar-refractivity contribution in [1.82, 2.24) is 15.0 Å². The van der Waals surface area contributed by atoms with E-state index in [0.717, 1.165) is 25.9 Å². The molecule has 1 amide bonds. The molecule has 0 atom stereocenters. The molecule has 1 aromatic heterocycles. The summed E-state index contributed by atoms with van der Waals surface area (Å²) in [5, 5.41) is 5.35. The number of nitrogens with zero attached hydrogens (tertiary/aromatic N) is 4. The lowest BCUT2D eigenvalue weighted by Gasteiger charge is -2.32. The Morgan fingerprint density at radius 3 is 2.50 bits per heavy atom. The van der Waals surface area contributed by atoms with Crippen LogP contribution >= 0.6 is 0 Å². The van der Waals surface area contributed by atoms with E-state index >= 15 is 0 Å². The number of hydrogen-bond donors (Lipinski definition) is 2. The number of nitrogens with one attached hydrogen (secondary N) is 2. The molecule has 0 saturated carbocycles. The lowest BCUT2D eigenvalue weighted by Crippen LogP contribution is -2.34. The average molecular weight is 406 g/mol. The Kier molecular flexibility index (Phi) is 5.83. The summed E-state index contributed by atoms with van der Waals surface area (Å²) in [7, 11) is 0. The molecule has 1 aliphatic rings. The van der Waals surface area contributed by atoms with Gasteiger partial charge in [-0.1, -0.05) is 36.4 Å². The van der Waals surface area contributed by atoms with Crippen LogP contribution in [0.15, 0.2) is 54.9 Å². The Morgan fingerprint density at radius 1 is 1.03 bits per heavy atom. The molecule has 3 aromatic rings. The SMILES string of the molecule is CC(=O)Nc1cccc(Nc2ncnc(N3CCC(c4ccccc4)CC3)n2)c1F. The van der Waals surface area contributed by atoms with Crippen molar-refractivity contribution >= 4 is 29.2 Å². The molecule has 1 fully saturated rings. The van der Waals surface area contributed by atoms with Gasteiger partial charge in [0.2, 0.25) is 17.8 Å². The van der Waals surface area contributed by atoms with Crippen molar-refractivity contribution in [2.24, 2.45) is 0 Å². The molecule has 0 unspecified atom stereocenters. The van der Waals surface area contributed by atoms with Crippen LogP contribution in [0.2, 0.25) is 0 Å². The number of anilines is 4. The van der Waals surface area contributed by atoms with Crippen molar-refractivity contribution in [3.05, 3.63) is 66.2 Å². The molecule has 0 spiro atoms. The quantitative estimate of drug-likeness (QED) is 0.664. The summed E-state index contributed by atoms with van der Waals surface area (Å²) in [6.07, 6.45) is 3.46. The highest BCUT2D eigenvalue weighted by Crippen LogP contribution is 2.30. The maximum atomic E-state index is 14.6. The Balaban J connectivity index is 1.45. The van der Waals surface area contributed by atoms with E-state index in [4.69, 9.17) is 0 Å². The van der Waals surface area contributed by atoms with E-state index in [9.17, 15) is 9.18 Å². The largest absolute Gasteiger partial charge is 0.341 e. The van der Waals surface area contributed by atoms with Gasteiger partial charge in [0.05, 0.1) is 11.4 Å². The zero-order valence-electron chi connectivity index (χ0n) is 16.7. The van der Waals surface area contributed by atoms with Crippen LogP contribution in [0.5, 0.6) is 0 Å². The normalized spacial score (nSPS) is 14.4. The van der Waals surface area contributed by atoms with Crippen molar-refractivity contribution in [2.75, 3.05) is 28.6 Å². The molecule has 2 heterocycles. The number of hydrogen-bond acceptors (Lipinski definition) is 6. The third-order valence-corrected chi connectivity index (χ3v) is 5.16. The number of piperidine rings is 1. The van der Waals surface area contributed by atoms with Gasteiger partial charge in [-0.25, -0.2) is 14.4 Å². The van der Waals surface area contributed by atoms with E-state index in [1.165, 1.54) is 24.9 Å². The van der Waals surface area contributed by atoms with Crippen LogP contribution in [-0.4, -0.2) is 33.9 Å². The van der Waals surface area contributed by atoms with Crippen molar-refractivity contribution in [3.63, 3.8) is 0 Å². The zero-order valence-corrected chi connectivity index (χ0v) is 16.7. The highest BCUT2D eigenvalue weighted by molar-refractivity contribution is 5.89. The Labute approximate surface area is 174 Å². The van der Waals surface area contributed by atoms with Gasteiger partial charge >= 0.3 is 0 Å². The molecular formula is C22H23FN6O. The predicted molar refractivity (Wildman–Crippen MR) is 114 cm³/mol. The van der Waals surface area contributed by atoms with Crippen LogP contribution in [-0.2, 0) is 4.79 Å². The van der Waals surface area contributed by atoms with Gasteiger partial charge in [-0.3, -0.25) is 4.79 Å². The molecule has 7 nitrogen and oxygen atoms in total. The van der Waals surface area contributed by atoms with Crippen LogP contribution in [0.4, 0.5) is 27.7 Å². The summed E-state index contributed by atoms with van der Waals surface area (Å²) in [6.45, 7) is 3.02. The van der Waals surface area contributed by atoms with Crippen LogP contribution < -0.4 is 15.5 Å². The van der Waals surface area contributed by atoms with Crippen LogP contribution in [0.25, 0.3) is 0 Å². The molecule has 2 N–H and O–H groups in total. The fourth-order valence-corrected chi connectivity index (χ4v) is 3.67. The lowest BCUT2D eigenvalue weighted by atomic mass is 9.90. The smallest absolute Gasteiger partial charge is 0.232 e. The first-order valence-electron chi connectivity index (χ1n) is 9.92. The first-order chi connectivity index (χ1) is 14.6. The number of rotatable bonds is 5. The molecule has 8 heteroatoms. The molecule has 0 aliphatic carbocycles. The van der Waals surface area contributed by atoms with Crippen molar-refractivity contribution < 1.29 is 9.18 Å². The summed E-state index contributed by atoms with van der Waals surface area (Å²) in [4.78, 5) is 26.2. The molecule has 0 bridgehead atoms. The maximum Gasteiger partial charge on any atom is 0.232 e. The topological polar surface area (TPSA) is 83.0 Å². The van der Waals surface area contributed by atoms with Gasteiger partial charge in [0.15, 0.2) is 5.82 Å². The van der Waals surface area contributed by atoms with E-state index < -0.39 is 5.82 Å². The second kappa shape index (κ2) is 8.86. The molecule has 154 valence electrons. The predicted octanol–water partition coefficient (Wildman–Crippen LogP) is 4.10. The first-order valence-corrected chi connectivity index (χ1v) is 9.92. The van der Waals surface area contributed by atoms with Crippen LogP contribution in [0.1, 0.15) is 31.2 Å². The highest BCUT2D eigenvalue weighted by Gasteiger charge is 2.22. The molecule has 4 rings (SSSR count). The Morgan fingerprint density at radius 2 is 1.77 bits per heavy atom. The summed E-state index contributed by atoms with van der Waals surface area (Å²) < 4.78 is 14.6. The van der Waals surface area contributed by atoms with Gasteiger partial charge in [0.25, 0.3) is 0 Å². The standard InChI is InChI=1S/C22H23FN6O/c1-15(30)26-18-8-5-9-19(20(18)23)27-21-24-14-25-22(28-21)29-12-10-17(11-13-29)16-6-3-2-4-7-16/h2-9,14,17H,10-13H2,1H3,(H,26,30)(H,24,25,27,28). The van der Waals surface area contributed by atoms with Gasteiger partial charge in [-0.15, -0.1) is 0 Å². The summed E-state index contributed by atoms with van der Waals surface area (Å²) >= 11 is 0. The van der Waals surface area contributed by atoms with Crippen LogP contribution in [0.3, 0.4) is 0 Å². The molecule has 2 aromatic carbocycles. The van der Waals surface area contributed by atoms with E-state index in [2.05, 4.69) is 54.8 Å². The summed E-state index contributed by atoms with van der Waals surface area (Å²) in [5.74, 6) is 0.444. The van der Waals surface area contributed by atoms with Crippen molar-refractivity contribution in [2.45, 2.75) is 25.7 Å². The van der Waals surface area contributed by atoms with Gasteiger partial charge in [0, 0.05) is 20.0 Å². The Bertz CT molecular complexity index is 1020. The van der Waals surface area contributed by atoms with Gasteiger partial charge in [-0.05, 0) is 36.5 Å². The molecular weight excluding hydrogens is 383 g/mol. The molecule has 0 radical (unpaired) electrons. The van der Waals surface area contributed by atoms with Crippen molar-refractivity contribution in [1.29, 1.82) is 0 Å². The first kappa shape index (κ1) is 19.8. The third-order valence-electron chi connectivity index (χ3n) is 5.16. The van der Waals surface area contributed by atoms with E-state index in [0.29, 0.717) is 11.9 Å². The van der Waals surface area contributed by atoms with E-state index in [1.807, 2.05) is 6.07 Å². The van der Waals surface area contributed by atoms with Gasteiger partial charge < -0.3 is 15.5 Å². The molecule has 1 saturated heterocycles. The number of benzene rings is 2. The number of aromatic nitrogens is 3. The zero-order chi connectivity index (χ0) is 20.9. The minimum Gasteiger partial charge on any atom is -0.341 e. The number of carbonyl (C=O) groups excluding carboxylic acids is 1. The fourth-order valence-electron chi connectivity index (χ4n) is 3.67. The van der Waals surface area contributed by atoms with Gasteiger partial charge in [0.1, 0.15) is 6.33 Å². The monoisotopic (exact) mass is 406 g/mol. The lowest BCUT2D eigenvalue weighted by molar-refractivity contribution is -0.114. The van der Waals surface area contributed by atoms with E-state index in [1.54, 1.807) is 12.1 Å². The van der Waals surface area contributed by atoms with E-state index in [-0.39, 0.29) is 23.2 Å². The molecule has 1 aliphatic heterocycles. The fraction of sp³-hybridized carbons (Fsp3) is 0.273. The van der Waals surface area contributed by atoms with Crippen molar-refractivity contribution in [3.8, 4) is 0 Å². The number of amides is 1. The minimum atomic E-state index is -0.571. The second-order valence-electron chi connectivity index (χ2n) is 7.25. The number of carbonyl (C=O) groups is 1. The summed E-state index contributed by atoms with van der Waals surface area (Å²) in [5.41, 5.74) is 1.65. The second-order valence-corrected chi connectivity index (χ2v) is 7.25. The van der Waals surface area contributed by atoms with Gasteiger partial charge in [-0.2, -0.15) is 4.98 Å². The summed E-state index contributed by atoms with van der Waals surface area (Å²) in [6, 6.07) is 15.2. The van der Waals surface area contributed by atoms with Crippen LogP contribution in [0, 0.1) is 5.82 Å². The minimum absolute atomic E-state index is 0.102. The number of halogens is 1. The highest BCUT2D eigenvalue weighted by atomic mass is 19.1. The third kappa shape index (κ3) is 4.53. The molecule has 30 heavy (non-hydrogen) atoms. The average Bonchev–Trinajstić information content (AvgIpc) is 2.77.